The second-order valence-electron chi connectivity index (χ2n) is 5.36. The van der Waals surface area contributed by atoms with E-state index in [9.17, 15) is 9.59 Å². The molecule has 1 aliphatic carbocycles. The molecule has 0 spiro atoms. The van der Waals surface area contributed by atoms with E-state index < -0.39 is 5.97 Å². The fourth-order valence-electron chi connectivity index (χ4n) is 2.90. The van der Waals surface area contributed by atoms with E-state index in [4.69, 9.17) is 9.84 Å². The molecule has 1 saturated carbocycles. The van der Waals surface area contributed by atoms with Crippen molar-refractivity contribution in [1.82, 2.24) is 10.6 Å². The van der Waals surface area contributed by atoms with Crippen LogP contribution in [-0.4, -0.2) is 42.9 Å². The molecule has 6 nitrogen and oxygen atoms in total. The minimum absolute atomic E-state index is 0.0611. The summed E-state index contributed by atoms with van der Waals surface area (Å²) >= 11 is 0. The molecule has 3 N–H and O–H groups in total. The molecule has 1 saturated heterocycles. The Labute approximate surface area is 112 Å². The van der Waals surface area contributed by atoms with Crippen LogP contribution in [-0.2, 0) is 9.53 Å². The number of aliphatic carboxylic acids is 1. The molecular weight excluding hydrogens is 248 g/mol. The molecule has 0 aromatic heterocycles. The molecule has 3 unspecified atom stereocenters. The molecule has 1 aliphatic heterocycles. The lowest BCUT2D eigenvalue weighted by atomic mass is 9.96. The summed E-state index contributed by atoms with van der Waals surface area (Å²) in [7, 11) is 0. The molecule has 1 heterocycles. The van der Waals surface area contributed by atoms with Crippen LogP contribution in [0.5, 0.6) is 0 Å². The zero-order valence-corrected chi connectivity index (χ0v) is 11.1. The summed E-state index contributed by atoms with van der Waals surface area (Å²) in [5.74, 6) is -0.992. The fraction of sp³-hybridized carbons (Fsp3) is 0.846. The SMILES string of the molecule is O=C(NCC1CCCO1)NCC1CCCC1C(=O)O. The van der Waals surface area contributed by atoms with Crippen LogP contribution in [0.25, 0.3) is 0 Å². The van der Waals surface area contributed by atoms with E-state index in [0.29, 0.717) is 13.1 Å². The number of carboxylic acid groups (broad SMARTS) is 1. The maximum atomic E-state index is 11.6. The standard InChI is InChI=1S/C13H22N2O4/c16-12(17)11-5-1-3-9(11)7-14-13(18)15-8-10-4-2-6-19-10/h9-11H,1-8H2,(H,16,17)(H2,14,15,18). The summed E-state index contributed by atoms with van der Waals surface area (Å²) in [4.78, 5) is 22.6. The van der Waals surface area contributed by atoms with Crippen LogP contribution >= 0.6 is 0 Å². The maximum absolute atomic E-state index is 11.6. The maximum Gasteiger partial charge on any atom is 0.314 e. The van der Waals surface area contributed by atoms with Crippen LogP contribution in [0, 0.1) is 11.8 Å². The summed E-state index contributed by atoms with van der Waals surface area (Å²) in [5, 5.41) is 14.6. The van der Waals surface area contributed by atoms with Gasteiger partial charge in [-0.2, -0.15) is 0 Å². The summed E-state index contributed by atoms with van der Waals surface area (Å²) in [6.45, 7) is 1.74. The second kappa shape index (κ2) is 6.75. The molecule has 0 aromatic carbocycles. The van der Waals surface area contributed by atoms with Gasteiger partial charge in [-0.3, -0.25) is 4.79 Å². The minimum atomic E-state index is -0.746. The van der Waals surface area contributed by atoms with Crippen LogP contribution in [0.15, 0.2) is 0 Å². The average Bonchev–Trinajstić information content (AvgIpc) is 3.04. The lowest BCUT2D eigenvalue weighted by molar-refractivity contribution is -0.142. The van der Waals surface area contributed by atoms with Gasteiger partial charge in [0, 0.05) is 19.7 Å². The normalized spacial score (nSPS) is 30.2. The van der Waals surface area contributed by atoms with Crippen molar-refractivity contribution in [2.24, 2.45) is 11.8 Å². The first kappa shape index (κ1) is 14.1. The smallest absolute Gasteiger partial charge is 0.314 e. The molecule has 3 atom stereocenters. The highest BCUT2D eigenvalue weighted by Crippen LogP contribution is 2.31. The second-order valence-corrected chi connectivity index (χ2v) is 5.36. The zero-order valence-electron chi connectivity index (χ0n) is 11.1. The van der Waals surface area contributed by atoms with Crippen LogP contribution < -0.4 is 10.6 Å². The third-order valence-corrected chi connectivity index (χ3v) is 4.02. The van der Waals surface area contributed by atoms with Crippen molar-refractivity contribution in [2.75, 3.05) is 19.7 Å². The Morgan fingerprint density at radius 2 is 1.89 bits per heavy atom. The first-order chi connectivity index (χ1) is 9.16. The molecule has 2 amide bonds. The lowest BCUT2D eigenvalue weighted by Gasteiger charge is -2.17. The molecule has 108 valence electrons. The summed E-state index contributed by atoms with van der Waals surface area (Å²) in [6.07, 6.45) is 4.70. The van der Waals surface area contributed by atoms with Crippen molar-refractivity contribution in [3.63, 3.8) is 0 Å². The Hall–Kier alpha value is -1.30. The molecule has 0 radical (unpaired) electrons. The summed E-state index contributed by atoms with van der Waals surface area (Å²) in [5.41, 5.74) is 0. The first-order valence-electron chi connectivity index (χ1n) is 7.03. The first-order valence-corrected chi connectivity index (χ1v) is 7.03. The van der Waals surface area contributed by atoms with Crippen LogP contribution in [0.4, 0.5) is 4.79 Å². The predicted molar refractivity (Wildman–Crippen MR) is 68.8 cm³/mol. The number of urea groups is 1. The number of carboxylic acids is 1. The van der Waals surface area contributed by atoms with Crippen molar-refractivity contribution in [2.45, 2.75) is 38.2 Å². The monoisotopic (exact) mass is 270 g/mol. The van der Waals surface area contributed by atoms with Crippen molar-refractivity contribution in [3.05, 3.63) is 0 Å². The van der Waals surface area contributed by atoms with Gasteiger partial charge >= 0.3 is 12.0 Å². The van der Waals surface area contributed by atoms with Gasteiger partial charge in [-0.1, -0.05) is 6.42 Å². The Morgan fingerprint density at radius 3 is 2.58 bits per heavy atom. The highest BCUT2D eigenvalue weighted by molar-refractivity contribution is 5.74. The van der Waals surface area contributed by atoms with Gasteiger partial charge in [-0.05, 0) is 31.6 Å². The van der Waals surface area contributed by atoms with Crippen molar-refractivity contribution >= 4 is 12.0 Å². The van der Waals surface area contributed by atoms with Gasteiger partial charge in [0.2, 0.25) is 0 Å². The Kier molecular flexibility index (Phi) is 5.01. The number of hydrogen-bond donors (Lipinski definition) is 3. The van der Waals surface area contributed by atoms with Gasteiger partial charge in [-0.15, -0.1) is 0 Å². The van der Waals surface area contributed by atoms with Gasteiger partial charge in [0.1, 0.15) is 0 Å². The van der Waals surface area contributed by atoms with Gasteiger partial charge in [0.15, 0.2) is 0 Å². The fourth-order valence-corrected chi connectivity index (χ4v) is 2.90. The highest BCUT2D eigenvalue weighted by Gasteiger charge is 2.32. The van der Waals surface area contributed by atoms with Crippen LogP contribution in [0.3, 0.4) is 0 Å². The molecule has 0 bridgehead atoms. The van der Waals surface area contributed by atoms with Crippen LogP contribution in [0.1, 0.15) is 32.1 Å². The summed E-state index contributed by atoms with van der Waals surface area (Å²) < 4.78 is 5.41. The number of hydrogen-bond acceptors (Lipinski definition) is 3. The minimum Gasteiger partial charge on any atom is -0.481 e. The van der Waals surface area contributed by atoms with E-state index in [1.54, 1.807) is 0 Å². The van der Waals surface area contributed by atoms with Crippen molar-refractivity contribution in [1.29, 1.82) is 0 Å². The Bertz CT molecular complexity index is 329. The highest BCUT2D eigenvalue weighted by atomic mass is 16.5. The Morgan fingerprint density at radius 1 is 1.11 bits per heavy atom. The van der Waals surface area contributed by atoms with Crippen LogP contribution in [0.2, 0.25) is 0 Å². The van der Waals surface area contributed by atoms with E-state index in [0.717, 1.165) is 38.7 Å². The third kappa shape index (κ3) is 4.09. The molecule has 0 aromatic rings. The van der Waals surface area contributed by atoms with E-state index >= 15 is 0 Å². The van der Waals surface area contributed by atoms with E-state index in [1.165, 1.54) is 0 Å². The Balaban J connectivity index is 1.64. The van der Waals surface area contributed by atoms with Gasteiger partial charge in [0.05, 0.1) is 12.0 Å². The molecular formula is C13H22N2O4. The van der Waals surface area contributed by atoms with E-state index in [1.807, 2.05) is 0 Å². The number of rotatable bonds is 5. The van der Waals surface area contributed by atoms with Gasteiger partial charge in [-0.25, -0.2) is 4.79 Å². The number of ether oxygens (including phenoxy) is 1. The molecule has 6 heteroatoms. The summed E-state index contributed by atoms with van der Waals surface area (Å²) in [6, 6.07) is -0.230. The zero-order chi connectivity index (χ0) is 13.7. The number of amides is 2. The van der Waals surface area contributed by atoms with Gasteiger partial charge in [0.25, 0.3) is 0 Å². The molecule has 19 heavy (non-hydrogen) atoms. The molecule has 2 fully saturated rings. The molecule has 2 aliphatic rings. The number of carbonyl (C=O) groups excluding carboxylic acids is 1. The third-order valence-electron chi connectivity index (χ3n) is 4.02. The van der Waals surface area contributed by atoms with E-state index in [2.05, 4.69) is 10.6 Å². The van der Waals surface area contributed by atoms with Gasteiger partial charge < -0.3 is 20.5 Å². The number of nitrogens with one attached hydrogen (secondary N) is 2. The molecule has 2 rings (SSSR count). The predicted octanol–water partition coefficient (Wildman–Crippen LogP) is 0.965. The average molecular weight is 270 g/mol. The van der Waals surface area contributed by atoms with Crippen molar-refractivity contribution < 1.29 is 19.4 Å². The topological polar surface area (TPSA) is 87.7 Å². The quantitative estimate of drug-likeness (QED) is 0.694. The van der Waals surface area contributed by atoms with Crippen molar-refractivity contribution in [3.8, 4) is 0 Å². The lowest BCUT2D eigenvalue weighted by Crippen LogP contribution is -2.42. The number of carbonyl (C=O) groups is 2. The largest absolute Gasteiger partial charge is 0.481 e. The van der Waals surface area contributed by atoms with E-state index in [-0.39, 0.29) is 24.0 Å².